The second-order valence-electron chi connectivity index (χ2n) is 2.03. The van der Waals surface area contributed by atoms with Crippen LogP contribution in [0.5, 0.6) is 0 Å². The molecule has 0 bridgehead atoms. The Morgan fingerprint density at radius 2 is 2.08 bits per heavy atom. The van der Waals surface area contributed by atoms with E-state index in [2.05, 4.69) is 5.10 Å². The molecule has 1 rings (SSSR count). The van der Waals surface area contributed by atoms with Crippen LogP contribution < -0.4 is 11.3 Å². The molecule has 12 heavy (non-hydrogen) atoms. The first-order valence-corrected chi connectivity index (χ1v) is 2.83. The van der Waals surface area contributed by atoms with E-state index in [1.54, 1.807) is 5.10 Å². The number of halogens is 3. The third kappa shape index (κ3) is 1.55. The van der Waals surface area contributed by atoms with Crippen LogP contribution in [0.15, 0.2) is 10.9 Å². The summed E-state index contributed by atoms with van der Waals surface area (Å²) in [4.78, 5) is 10.5. The zero-order valence-electron chi connectivity index (χ0n) is 5.64. The number of nitrogens with one attached hydrogen (secondary N) is 1. The van der Waals surface area contributed by atoms with Gasteiger partial charge in [-0.1, -0.05) is 0 Å². The molecule has 0 fully saturated rings. The Morgan fingerprint density at radius 1 is 1.50 bits per heavy atom. The first kappa shape index (κ1) is 8.57. The van der Waals surface area contributed by atoms with Crippen molar-refractivity contribution in [3.8, 4) is 0 Å². The number of hydrogen-bond acceptors (Lipinski definition) is 3. The Labute approximate surface area is 64.2 Å². The van der Waals surface area contributed by atoms with Gasteiger partial charge in [0.1, 0.15) is 11.4 Å². The van der Waals surface area contributed by atoms with E-state index in [1.807, 2.05) is 0 Å². The third-order valence-electron chi connectivity index (χ3n) is 1.13. The molecule has 0 aliphatic carbocycles. The van der Waals surface area contributed by atoms with E-state index in [9.17, 15) is 18.0 Å². The van der Waals surface area contributed by atoms with Crippen molar-refractivity contribution >= 4 is 5.82 Å². The maximum absolute atomic E-state index is 11.9. The van der Waals surface area contributed by atoms with E-state index in [0.29, 0.717) is 6.07 Å². The van der Waals surface area contributed by atoms with E-state index < -0.39 is 17.3 Å². The monoisotopic (exact) mass is 179 g/mol. The molecule has 1 heterocycles. The molecule has 0 saturated carbocycles. The lowest BCUT2D eigenvalue weighted by Gasteiger charge is -2.04. The molecule has 0 atom stereocenters. The van der Waals surface area contributed by atoms with Crippen molar-refractivity contribution in [2.75, 3.05) is 5.73 Å². The molecule has 1 aromatic heterocycles. The molecule has 0 aliphatic heterocycles. The molecule has 0 amide bonds. The van der Waals surface area contributed by atoms with E-state index in [4.69, 9.17) is 5.73 Å². The zero-order chi connectivity index (χ0) is 9.35. The highest BCUT2D eigenvalue weighted by Crippen LogP contribution is 2.26. The van der Waals surface area contributed by atoms with E-state index >= 15 is 0 Å². The summed E-state index contributed by atoms with van der Waals surface area (Å²) < 4.78 is 35.8. The highest BCUT2D eigenvalue weighted by Gasteiger charge is 2.34. The van der Waals surface area contributed by atoms with Crippen LogP contribution >= 0.6 is 0 Å². The predicted octanol–water partition coefficient (Wildman–Crippen LogP) is 0.371. The van der Waals surface area contributed by atoms with Crippen LogP contribution in [0.4, 0.5) is 19.0 Å². The second kappa shape index (κ2) is 2.50. The van der Waals surface area contributed by atoms with Crippen molar-refractivity contribution in [1.29, 1.82) is 0 Å². The van der Waals surface area contributed by atoms with Crippen molar-refractivity contribution in [2.45, 2.75) is 6.18 Å². The van der Waals surface area contributed by atoms with Gasteiger partial charge in [-0.05, 0) is 6.07 Å². The maximum atomic E-state index is 11.9. The highest BCUT2D eigenvalue weighted by molar-refractivity contribution is 5.30. The molecule has 0 spiro atoms. The van der Waals surface area contributed by atoms with E-state index in [1.165, 1.54) is 0 Å². The lowest BCUT2D eigenvalue weighted by molar-refractivity contribution is -0.138. The molecular weight excluding hydrogens is 175 g/mol. The van der Waals surface area contributed by atoms with Crippen LogP contribution in [0.2, 0.25) is 0 Å². The highest BCUT2D eigenvalue weighted by atomic mass is 19.4. The summed E-state index contributed by atoms with van der Waals surface area (Å²) in [5.74, 6) is -0.373. The van der Waals surface area contributed by atoms with Crippen LogP contribution in [-0.4, -0.2) is 10.2 Å². The summed E-state index contributed by atoms with van der Waals surface area (Å²) in [5.41, 5.74) is 2.31. The van der Waals surface area contributed by atoms with Crippen molar-refractivity contribution in [1.82, 2.24) is 10.2 Å². The van der Waals surface area contributed by atoms with Crippen LogP contribution in [0.25, 0.3) is 0 Å². The van der Waals surface area contributed by atoms with Crippen molar-refractivity contribution in [2.24, 2.45) is 0 Å². The summed E-state index contributed by atoms with van der Waals surface area (Å²) in [5, 5.41) is 4.72. The number of hydrogen-bond donors (Lipinski definition) is 2. The van der Waals surface area contributed by atoms with Gasteiger partial charge in [-0.2, -0.15) is 18.3 Å². The van der Waals surface area contributed by atoms with Crippen molar-refractivity contribution < 1.29 is 13.2 Å². The molecule has 4 nitrogen and oxygen atoms in total. The second-order valence-corrected chi connectivity index (χ2v) is 2.03. The van der Waals surface area contributed by atoms with E-state index in [0.717, 1.165) is 0 Å². The Balaban J connectivity index is 3.33. The first-order valence-electron chi connectivity index (χ1n) is 2.83. The van der Waals surface area contributed by atoms with Crippen LogP contribution in [-0.2, 0) is 6.18 Å². The van der Waals surface area contributed by atoms with Gasteiger partial charge in [0.05, 0.1) is 0 Å². The molecule has 0 radical (unpaired) electrons. The number of aromatic nitrogens is 2. The topological polar surface area (TPSA) is 71.8 Å². The molecule has 1 aromatic rings. The van der Waals surface area contributed by atoms with Crippen LogP contribution in [0, 0.1) is 0 Å². The summed E-state index contributed by atoms with van der Waals surface area (Å²) in [6.07, 6.45) is -4.69. The van der Waals surface area contributed by atoms with Gasteiger partial charge >= 0.3 is 6.18 Å². The fourth-order valence-electron chi connectivity index (χ4n) is 0.632. The number of rotatable bonds is 0. The summed E-state index contributed by atoms with van der Waals surface area (Å²) >= 11 is 0. The standard InChI is InChI=1S/C5H4F3N3O/c6-5(7,8)2-1-3(9)10-11-4(2)12/h1H,(H2,9,10)(H,11,12). The number of H-pyrrole nitrogens is 1. The minimum absolute atomic E-state index is 0.373. The predicted molar refractivity (Wildman–Crippen MR) is 34.3 cm³/mol. The summed E-state index contributed by atoms with van der Waals surface area (Å²) in [6.45, 7) is 0. The van der Waals surface area contributed by atoms with E-state index in [-0.39, 0.29) is 5.82 Å². The largest absolute Gasteiger partial charge is 0.421 e. The van der Waals surface area contributed by atoms with Gasteiger partial charge in [0.2, 0.25) is 0 Å². The van der Waals surface area contributed by atoms with Gasteiger partial charge < -0.3 is 5.73 Å². The van der Waals surface area contributed by atoms with Gasteiger partial charge in [-0.15, -0.1) is 0 Å². The van der Waals surface area contributed by atoms with Gasteiger partial charge in [-0.25, -0.2) is 5.10 Å². The SMILES string of the molecule is Nc1cc(C(F)(F)F)c(=O)[nH]n1. The molecule has 0 saturated heterocycles. The number of nitrogens with two attached hydrogens (primary N) is 1. The third-order valence-corrected chi connectivity index (χ3v) is 1.13. The molecule has 7 heteroatoms. The lowest BCUT2D eigenvalue weighted by Crippen LogP contribution is -2.22. The molecule has 0 aliphatic rings. The van der Waals surface area contributed by atoms with Crippen LogP contribution in [0.3, 0.4) is 0 Å². The fraction of sp³-hybridized carbons (Fsp3) is 0.200. The smallest absolute Gasteiger partial charge is 0.382 e. The lowest BCUT2D eigenvalue weighted by atomic mass is 10.3. The van der Waals surface area contributed by atoms with Crippen molar-refractivity contribution in [3.05, 3.63) is 22.0 Å². The minimum Gasteiger partial charge on any atom is -0.382 e. The molecule has 0 unspecified atom stereocenters. The van der Waals surface area contributed by atoms with Gasteiger partial charge in [0.25, 0.3) is 5.56 Å². The molecule has 0 aromatic carbocycles. The Bertz CT molecular complexity index is 343. The fourth-order valence-corrected chi connectivity index (χ4v) is 0.632. The number of nitrogen functional groups attached to an aromatic ring is 1. The number of alkyl halides is 3. The average Bonchev–Trinajstić information content (AvgIpc) is 1.92. The van der Waals surface area contributed by atoms with Crippen molar-refractivity contribution in [3.63, 3.8) is 0 Å². The summed E-state index contributed by atoms with van der Waals surface area (Å²) in [6, 6.07) is 0.485. The Hall–Kier alpha value is -1.53. The maximum Gasteiger partial charge on any atom is 0.421 e. The molecule has 66 valence electrons. The Kier molecular flexibility index (Phi) is 1.79. The van der Waals surface area contributed by atoms with Gasteiger partial charge in [-0.3, -0.25) is 4.79 Å². The van der Waals surface area contributed by atoms with Gasteiger partial charge in [0, 0.05) is 0 Å². The van der Waals surface area contributed by atoms with Crippen LogP contribution in [0.1, 0.15) is 5.56 Å². The number of aromatic amines is 1. The summed E-state index contributed by atoms with van der Waals surface area (Å²) in [7, 11) is 0. The number of nitrogens with zero attached hydrogens (tertiary/aromatic N) is 1. The number of anilines is 1. The van der Waals surface area contributed by atoms with Gasteiger partial charge in [0.15, 0.2) is 0 Å². The Morgan fingerprint density at radius 3 is 2.50 bits per heavy atom. The zero-order valence-corrected chi connectivity index (χ0v) is 5.64. The average molecular weight is 179 g/mol. The normalized spacial score (nSPS) is 11.6. The first-order chi connectivity index (χ1) is 5.41. The molecular formula is C5H4F3N3O. The minimum atomic E-state index is -4.69. The molecule has 3 N–H and O–H groups in total. The quantitative estimate of drug-likeness (QED) is 0.604.